The first kappa shape index (κ1) is 19.6. The number of rotatable bonds is 5. The maximum absolute atomic E-state index is 12.3. The van der Waals surface area contributed by atoms with Gasteiger partial charge in [-0.05, 0) is 25.3 Å². The summed E-state index contributed by atoms with van der Waals surface area (Å²) in [6.07, 6.45) is 6.02. The smallest absolute Gasteiger partial charge is 0.312 e. The van der Waals surface area contributed by atoms with E-state index in [2.05, 4.69) is 15.9 Å². The molecule has 29 heavy (non-hydrogen) atoms. The van der Waals surface area contributed by atoms with Crippen LogP contribution in [0.4, 0.5) is 11.4 Å². The van der Waals surface area contributed by atoms with Gasteiger partial charge in [-0.25, -0.2) is 0 Å². The molecule has 0 bridgehead atoms. The van der Waals surface area contributed by atoms with E-state index in [0.717, 1.165) is 76.9 Å². The third-order valence-corrected chi connectivity index (χ3v) is 6.68. The third-order valence-electron chi connectivity index (χ3n) is 6.68. The first-order chi connectivity index (χ1) is 14.0. The number of nitro benzene ring substituents is 1. The zero-order valence-electron chi connectivity index (χ0n) is 16.5. The highest BCUT2D eigenvalue weighted by molar-refractivity contribution is 5.79. The second-order valence-corrected chi connectivity index (χ2v) is 8.41. The number of benzene rings is 1. The van der Waals surface area contributed by atoms with Gasteiger partial charge in [-0.1, -0.05) is 12.8 Å². The van der Waals surface area contributed by atoms with Gasteiger partial charge < -0.3 is 9.64 Å². The molecule has 2 saturated heterocycles. The summed E-state index contributed by atoms with van der Waals surface area (Å²) in [5, 5.41) is 20.3. The fourth-order valence-electron chi connectivity index (χ4n) is 5.00. The number of esters is 1. The molecular formula is C21H26N4O4. The van der Waals surface area contributed by atoms with Crippen LogP contribution in [0.5, 0.6) is 0 Å². The van der Waals surface area contributed by atoms with E-state index in [-0.39, 0.29) is 23.2 Å². The Bertz CT molecular complexity index is 836. The van der Waals surface area contributed by atoms with Crippen LogP contribution in [0.15, 0.2) is 18.2 Å². The fraction of sp³-hybridized carbons (Fsp3) is 0.619. The van der Waals surface area contributed by atoms with Gasteiger partial charge in [0.05, 0.1) is 21.6 Å². The standard InChI is InChI=1S/C21H26N4O4/c22-15-16-13-17(25(27)28)3-4-19(16)24-11-9-23(10-12-24)8-5-18-14-21(20(26)29-18)6-1-2-7-21/h3-4,13,18H,1-2,5-12,14H2/t18-/m1/s1. The van der Waals surface area contributed by atoms with Crippen molar-refractivity contribution in [1.82, 2.24) is 4.90 Å². The lowest BCUT2D eigenvalue weighted by Gasteiger charge is -2.36. The largest absolute Gasteiger partial charge is 0.462 e. The molecule has 0 aromatic heterocycles. The number of anilines is 1. The van der Waals surface area contributed by atoms with E-state index >= 15 is 0 Å². The number of carbonyl (C=O) groups excluding carboxylic acids is 1. The number of carbonyl (C=O) groups is 1. The molecule has 4 rings (SSSR count). The van der Waals surface area contributed by atoms with Gasteiger partial charge in [-0.2, -0.15) is 5.26 Å². The molecule has 1 spiro atoms. The minimum Gasteiger partial charge on any atom is -0.462 e. The van der Waals surface area contributed by atoms with Gasteiger partial charge in [0.25, 0.3) is 5.69 Å². The molecule has 0 amide bonds. The lowest BCUT2D eigenvalue weighted by atomic mass is 9.83. The predicted molar refractivity (Wildman–Crippen MR) is 106 cm³/mol. The topological polar surface area (TPSA) is 99.7 Å². The van der Waals surface area contributed by atoms with Crippen molar-refractivity contribution >= 4 is 17.3 Å². The molecule has 3 aliphatic rings. The SMILES string of the molecule is N#Cc1cc([N+](=O)[O-])ccc1N1CCN(CC[C@@H]2CC3(CCCC3)C(=O)O2)CC1. The molecule has 2 aliphatic heterocycles. The summed E-state index contributed by atoms with van der Waals surface area (Å²) < 4.78 is 5.67. The lowest BCUT2D eigenvalue weighted by molar-refractivity contribution is -0.384. The van der Waals surface area contributed by atoms with E-state index in [1.165, 1.54) is 12.1 Å². The Morgan fingerprint density at radius 1 is 1.24 bits per heavy atom. The van der Waals surface area contributed by atoms with Gasteiger partial charge >= 0.3 is 5.97 Å². The summed E-state index contributed by atoms with van der Waals surface area (Å²) in [7, 11) is 0. The number of nitrogens with zero attached hydrogens (tertiary/aromatic N) is 4. The van der Waals surface area contributed by atoms with Crippen LogP contribution in [0.1, 0.15) is 44.1 Å². The zero-order valence-corrected chi connectivity index (χ0v) is 16.5. The summed E-state index contributed by atoms with van der Waals surface area (Å²) >= 11 is 0. The Kier molecular flexibility index (Phi) is 5.41. The highest BCUT2D eigenvalue weighted by Crippen LogP contribution is 2.48. The quantitative estimate of drug-likeness (QED) is 0.427. The van der Waals surface area contributed by atoms with Crippen molar-refractivity contribution in [1.29, 1.82) is 5.26 Å². The second kappa shape index (κ2) is 7.99. The van der Waals surface area contributed by atoms with Crippen molar-refractivity contribution in [2.45, 2.75) is 44.6 Å². The Labute approximate surface area is 170 Å². The van der Waals surface area contributed by atoms with Gasteiger partial charge in [0.1, 0.15) is 12.2 Å². The van der Waals surface area contributed by atoms with Crippen LogP contribution in [-0.2, 0) is 9.53 Å². The number of cyclic esters (lactones) is 1. The first-order valence-corrected chi connectivity index (χ1v) is 10.4. The van der Waals surface area contributed by atoms with Gasteiger partial charge in [-0.15, -0.1) is 0 Å². The summed E-state index contributed by atoms with van der Waals surface area (Å²) in [5.74, 6) is 0.0204. The van der Waals surface area contributed by atoms with Crippen molar-refractivity contribution in [3.05, 3.63) is 33.9 Å². The predicted octanol–water partition coefficient (Wildman–Crippen LogP) is 2.85. The lowest BCUT2D eigenvalue weighted by Crippen LogP contribution is -2.47. The van der Waals surface area contributed by atoms with E-state index in [0.29, 0.717) is 5.56 Å². The van der Waals surface area contributed by atoms with E-state index in [9.17, 15) is 20.2 Å². The van der Waals surface area contributed by atoms with E-state index < -0.39 is 4.92 Å². The molecule has 0 unspecified atom stereocenters. The molecule has 1 saturated carbocycles. The molecule has 1 aliphatic carbocycles. The third kappa shape index (κ3) is 3.92. The Morgan fingerprint density at radius 2 is 1.97 bits per heavy atom. The Morgan fingerprint density at radius 3 is 2.62 bits per heavy atom. The van der Waals surface area contributed by atoms with E-state index in [1.54, 1.807) is 6.07 Å². The zero-order chi connectivity index (χ0) is 20.4. The minimum atomic E-state index is -0.478. The fourth-order valence-corrected chi connectivity index (χ4v) is 5.00. The monoisotopic (exact) mass is 398 g/mol. The van der Waals surface area contributed by atoms with Crippen molar-refractivity contribution in [2.75, 3.05) is 37.6 Å². The normalized spacial score (nSPS) is 23.9. The molecule has 1 atom stereocenters. The van der Waals surface area contributed by atoms with Crippen LogP contribution in [0.25, 0.3) is 0 Å². The highest BCUT2D eigenvalue weighted by Gasteiger charge is 2.50. The van der Waals surface area contributed by atoms with Crippen LogP contribution in [0.3, 0.4) is 0 Å². The minimum absolute atomic E-state index is 0.0204. The molecule has 3 fully saturated rings. The maximum atomic E-state index is 12.3. The van der Waals surface area contributed by atoms with Crippen molar-refractivity contribution in [3.8, 4) is 6.07 Å². The summed E-state index contributed by atoms with van der Waals surface area (Å²) in [6, 6.07) is 6.55. The van der Waals surface area contributed by atoms with Crippen LogP contribution in [0.2, 0.25) is 0 Å². The molecule has 154 valence electrons. The van der Waals surface area contributed by atoms with E-state index in [1.807, 2.05) is 0 Å². The Hall–Kier alpha value is -2.66. The number of hydrogen-bond donors (Lipinski definition) is 0. The number of nitriles is 1. The van der Waals surface area contributed by atoms with Crippen molar-refractivity contribution < 1.29 is 14.5 Å². The van der Waals surface area contributed by atoms with Crippen molar-refractivity contribution in [2.24, 2.45) is 5.41 Å². The molecule has 0 radical (unpaired) electrons. The maximum Gasteiger partial charge on any atom is 0.312 e. The average molecular weight is 398 g/mol. The summed E-state index contributed by atoms with van der Waals surface area (Å²) in [4.78, 5) is 27.2. The summed E-state index contributed by atoms with van der Waals surface area (Å²) in [5.41, 5.74) is 0.848. The van der Waals surface area contributed by atoms with Crippen LogP contribution < -0.4 is 4.90 Å². The summed E-state index contributed by atoms with van der Waals surface area (Å²) in [6.45, 7) is 4.14. The first-order valence-electron chi connectivity index (χ1n) is 10.4. The van der Waals surface area contributed by atoms with Gasteiger partial charge in [0, 0.05) is 51.3 Å². The molecule has 2 heterocycles. The number of piperazine rings is 1. The average Bonchev–Trinajstić information content (AvgIpc) is 3.33. The van der Waals surface area contributed by atoms with Gasteiger partial charge in [0.15, 0.2) is 0 Å². The van der Waals surface area contributed by atoms with Crippen LogP contribution >= 0.6 is 0 Å². The molecule has 8 nitrogen and oxygen atoms in total. The van der Waals surface area contributed by atoms with Crippen LogP contribution in [0, 0.1) is 26.9 Å². The number of hydrogen-bond acceptors (Lipinski definition) is 7. The van der Waals surface area contributed by atoms with E-state index in [4.69, 9.17) is 4.74 Å². The number of ether oxygens (including phenoxy) is 1. The second-order valence-electron chi connectivity index (χ2n) is 8.41. The number of non-ortho nitro benzene ring substituents is 1. The van der Waals surface area contributed by atoms with Gasteiger partial charge in [0.2, 0.25) is 0 Å². The Balaban J connectivity index is 1.29. The van der Waals surface area contributed by atoms with Crippen molar-refractivity contribution in [3.63, 3.8) is 0 Å². The van der Waals surface area contributed by atoms with Crippen LogP contribution in [-0.4, -0.2) is 54.6 Å². The molecular weight excluding hydrogens is 372 g/mol. The highest BCUT2D eigenvalue weighted by atomic mass is 16.6. The molecule has 8 heteroatoms. The number of nitro groups is 1. The van der Waals surface area contributed by atoms with Gasteiger partial charge in [-0.3, -0.25) is 19.8 Å². The molecule has 0 N–H and O–H groups in total. The molecule has 1 aromatic carbocycles. The molecule has 1 aromatic rings.